The maximum atomic E-state index is 13.4. The van der Waals surface area contributed by atoms with E-state index >= 15 is 0 Å². The number of para-hydroxylation sites is 1. The number of rotatable bonds is 5. The Kier molecular flexibility index (Phi) is 4.69. The lowest BCUT2D eigenvalue weighted by atomic mass is 9.99. The molecule has 1 aliphatic heterocycles. The quantitative estimate of drug-likeness (QED) is 0.906. The van der Waals surface area contributed by atoms with Crippen LogP contribution in [-0.2, 0) is 9.59 Å². The van der Waals surface area contributed by atoms with Crippen LogP contribution in [0.5, 0.6) is 5.75 Å². The molecule has 0 saturated carbocycles. The van der Waals surface area contributed by atoms with E-state index in [0.717, 1.165) is 0 Å². The van der Waals surface area contributed by atoms with Gasteiger partial charge in [-0.25, -0.2) is 4.39 Å². The van der Waals surface area contributed by atoms with Crippen LogP contribution in [0.3, 0.4) is 0 Å². The van der Waals surface area contributed by atoms with Gasteiger partial charge < -0.3 is 15.0 Å². The molecule has 0 unspecified atom stereocenters. The average Bonchev–Trinajstić information content (AvgIpc) is 2.53. The van der Waals surface area contributed by atoms with Crippen molar-refractivity contribution >= 4 is 17.5 Å². The molecule has 6 nitrogen and oxygen atoms in total. The lowest BCUT2D eigenvalue weighted by Gasteiger charge is -2.38. The van der Waals surface area contributed by atoms with Gasteiger partial charge in [0.2, 0.25) is 5.91 Å². The zero-order valence-electron chi connectivity index (χ0n) is 12.8. The van der Waals surface area contributed by atoms with E-state index < -0.39 is 5.82 Å². The second-order valence-electron chi connectivity index (χ2n) is 5.44. The van der Waals surface area contributed by atoms with E-state index in [4.69, 9.17) is 4.74 Å². The molecule has 1 N–H and O–H groups in total. The Bertz CT molecular complexity index is 733. The molecule has 24 heavy (non-hydrogen) atoms. The van der Waals surface area contributed by atoms with Gasteiger partial charge in [0.15, 0.2) is 18.2 Å². The summed E-state index contributed by atoms with van der Waals surface area (Å²) in [5.41, 5.74) is 0.669. The molecule has 0 spiro atoms. The molecule has 2 aromatic rings. The highest BCUT2D eigenvalue weighted by Gasteiger charge is 2.35. The standard InChI is InChI=1S/C17H16FN3O3/c18-14-3-1-2-4-15(14)24-11-16(22)21-9-12(10-21)17(23)20-13-5-7-19-8-6-13/h1-8,12H,9-11H2,(H,19,20,23). The largest absolute Gasteiger partial charge is 0.481 e. The maximum Gasteiger partial charge on any atom is 0.260 e. The van der Waals surface area contributed by atoms with E-state index in [0.29, 0.717) is 18.8 Å². The van der Waals surface area contributed by atoms with E-state index in [1.54, 1.807) is 36.7 Å². The number of pyridine rings is 1. The summed E-state index contributed by atoms with van der Waals surface area (Å²) in [5, 5.41) is 2.77. The maximum absolute atomic E-state index is 13.4. The van der Waals surface area contributed by atoms with E-state index in [9.17, 15) is 14.0 Å². The Morgan fingerprint density at radius 1 is 1.21 bits per heavy atom. The first-order valence-electron chi connectivity index (χ1n) is 7.49. The van der Waals surface area contributed by atoms with Gasteiger partial charge in [-0.15, -0.1) is 0 Å². The predicted molar refractivity (Wildman–Crippen MR) is 84.8 cm³/mol. The van der Waals surface area contributed by atoms with Crippen LogP contribution in [0.2, 0.25) is 0 Å². The highest BCUT2D eigenvalue weighted by Crippen LogP contribution is 2.19. The van der Waals surface area contributed by atoms with Crippen molar-refractivity contribution in [2.24, 2.45) is 5.92 Å². The van der Waals surface area contributed by atoms with Crippen LogP contribution in [0.4, 0.5) is 10.1 Å². The zero-order chi connectivity index (χ0) is 16.9. The minimum Gasteiger partial charge on any atom is -0.481 e. The lowest BCUT2D eigenvalue weighted by molar-refractivity contribution is -0.143. The minimum atomic E-state index is -0.511. The fourth-order valence-corrected chi connectivity index (χ4v) is 2.32. The Morgan fingerprint density at radius 2 is 1.92 bits per heavy atom. The highest BCUT2D eigenvalue weighted by atomic mass is 19.1. The molecule has 1 aromatic heterocycles. The lowest BCUT2D eigenvalue weighted by Crippen LogP contribution is -2.55. The van der Waals surface area contributed by atoms with Gasteiger partial charge in [0.1, 0.15) is 0 Å². The third-order valence-corrected chi connectivity index (χ3v) is 3.74. The number of ether oxygens (including phenoxy) is 1. The number of nitrogens with one attached hydrogen (secondary N) is 1. The van der Waals surface area contributed by atoms with Crippen molar-refractivity contribution in [3.8, 4) is 5.75 Å². The summed E-state index contributed by atoms with van der Waals surface area (Å²) in [6, 6.07) is 9.30. The number of benzene rings is 1. The van der Waals surface area contributed by atoms with E-state index in [-0.39, 0.29) is 30.1 Å². The number of carbonyl (C=O) groups is 2. The van der Waals surface area contributed by atoms with Crippen LogP contribution in [0.25, 0.3) is 0 Å². The summed E-state index contributed by atoms with van der Waals surface area (Å²) in [5.74, 6) is -1.14. The molecule has 0 aliphatic carbocycles. The van der Waals surface area contributed by atoms with Crippen molar-refractivity contribution in [3.05, 3.63) is 54.6 Å². The third-order valence-electron chi connectivity index (χ3n) is 3.74. The first-order chi connectivity index (χ1) is 11.6. The number of nitrogens with zero attached hydrogens (tertiary/aromatic N) is 2. The van der Waals surface area contributed by atoms with E-state index in [1.807, 2.05) is 0 Å². The Hall–Kier alpha value is -2.96. The smallest absolute Gasteiger partial charge is 0.260 e. The Labute approximate surface area is 138 Å². The molecule has 1 fully saturated rings. The van der Waals surface area contributed by atoms with Crippen LogP contribution in [0.15, 0.2) is 48.8 Å². The number of halogens is 1. The SMILES string of the molecule is O=C(Nc1ccncc1)C1CN(C(=O)COc2ccccc2F)C1. The van der Waals surface area contributed by atoms with Crippen LogP contribution < -0.4 is 10.1 Å². The van der Waals surface area contributed by atoms with E-state index in [2.05, 4.69) is 10.3 Å². The first-order valence-corrected chi connectivity index (χ1v) is 7.49. The predicted octanol–water partition coefficient (Wildman–Crippen LogP) is 1.70. The van der Waals surface area contributed by atoms with Gasteiger partial charge >= 0.3 is 0 Å². The summed E-state index contributed by atoms with van der Waals surface area (Å²) in [6.07, 6.45) is 3.18. The molecule has 1 aromatic carbocycles. The van der Waals surface area contributed by atoms with Crippen molar-refractivity contribution in [2.45, 2.75) is 0 Å². The number of hydrogen-bond acceptors (Lipinski definition) is 4. The minimum absolute atomic E-state index is 0.0401. The third kappa shape index (κ3) is 3.68. The summed E-state index contributed by atoms with van der Waals surface area (Å²) in [6.45, 7) is 0.409. The molecule has 124 valence electrons. The van der Waals surface area contributed by atoms with Gasteiger partial charge in [0.05, 0.1) is 5.92 Å². The van der Waals surface area contributed by atoms with Gasteiger partial charge in [-0.2, -0.15) is 0 Å². The molecule has 1 aliphatic rings. The van der Waals surface area contributed by atoms with Crippen LogP contribution >= 0.6 is 0 Å². The molecule has 0 atom stereocenters. The number of carbonyl (C=O) groups excluding carboxylic acids is 2. The molecule has 0 bridgehead atoms. The number of hydrogen-bond donors (Lipinski definition) is 1. The second kappa shape index (κ2) is 7.08. The monoisotopic (exact) mass is 329 g/mol. The van der Waals surface area contributed by atoms with Gasteiger partial charge in [-0.1, -0.05) is 12.1 Å². The summed E-state index contributed by atoms with van der Waals surface area (Å²) < 4.78 is 18.6. The average molecular weight is 329 g/mol. The highest BCUT2D eigenvalue weighted by molar-refractivity contribution is 5.94. The van der Waals surface area contributed by atoms with Gasteiger partial charge in [0, 0.05) is 31.2 Å². The van der Waals surface area contributed by atoms with Crippen molar-refractivity contribution in [2.75, 3.05) is 25.0 Å². The van der Waals surface area contributed by atoms with E-state index in [1.165, 1.54) is 17.0 Å². The zero-order valence-corrected chi connectivity index (χ0v) is 12.8. The summed E-state index contributed by atoms with van der Waals surface area (Å²) >= 11 is 0. The molecular formula is C17H16FN3O3. The number of anilines is 1. The topological polar surface area (TPSA) is 71.5 Å². The molecule has 2 amide bonds. The normalized spacial score (nSPS) is 14.0. The Balaban J connectivity index is 1.43. The van der Waals surface area contributed by atoms with Crippen LogP contribution in [0.1, 0.15) is 0 Å². The Morgan fingerprint density at radius 3 is 2.62 bits per heavy atom. The van der Waals surface area contributed by atoms with Gasteiger partial charge in [0.25, 0.3) is 5.91 Å². The van der Waals surface area contributed by atoms with Crippen molar-refractivity contribution < 1.29 is 18.7 Å². The molecule has 1 saturated heterocycles. The molecule has 3 rings (SSSR count). The molecule has 7 heteroatoms. The summed E-state index contributed by atoms with van der Waals surface area (Å²) in [7, 11) is 0. The first kappa shape index (κ1) is 15.9. The number of likely N-dealkylation sites (tertiary alicyclic amines) is 1. The van der Waals surface area contributed by atoms with Crippen LogP contribution in [-0.4, -0.2) is 41.4 Å². The second-order valence-corrected chi connectivity index (χ2v) is 5.44. The fourth-order valence-electron chi connectivity index (χ4n) is 2.32. The van der Waals surface area contributed by atoms with Crippen molar-refractivity contribution in [1.82, 2.24) is 9.88 Å². The molecular weight excluding hydrogens is 313 g/mol. The number of amides is 2. The van der Waals surface area contributed by atoms with Gasteiger partial charge in [-0.05, 0) is 24.3 Å². The fraction of sp³-hybridized carbons (Fsp3) is 0.235. The summed E-state index contributed by atoms with van der Waals surface area (Å²) in [4.78, 5) is 29.4. The molecule has 2 heterocycles. The van der Waals surface area contributed by atoms with Crippen LogP contribution in [0, 0.1) is 11.7 Å². The number of aromatic nitrogens is 1. The van der Waals surface area contributed by atoms with Crippen molar-refractivity contribution in [1.29, 1.82) is 0 Å². The molecule has 0 radical (unpaired) electrons. The van der Waals surface area contributed by atoms with Crippen molar-refractivity contribution in [3.63, 3.8) is 0 Å². The van der Waals surface area contributed by atoms with Gasteiger partial charge in [-0.3, -0.25) is 14.6 Å².